The van der Waals surface area contributed by atoms with Gasteiger partial charge in [-0.15, -0.1) is 0 Å². The van der Waals surface area contributed by atoms with Crippen molar-refractivity contribution >= 4 is 0 Å². The van der Waals surface area contributed by atoms with Crippen molar-refractivity contribution < 1.29 is 4.74 Å². The fourth-order valence-corrected chi connectivity index (χ4v) is 2.84. The molecule has 0 aromatic heterocycles. The highest BCUT2D eigenvalue weighted by molar-refractivity contribution is 5.44. The monoisotopic (exact) mass is 248 g/mol. The summed E-state index contributed by atoms with van der Waals surface area (Å²) in [5.74, 6) is 1.65. The minimum Gasteiger partial charge on any atom is -0.496 e. The van der Waals surface area contributed by atoms with E-state index in [0.29, 0.717) is 12.0 Å². The Bertz CT molecular complexity index is 411. The molecule has 3 heteroatoms. The molecule has 0 aliphatic carbocycles. The van der Waals surface area contributed by atoms with Gasteiger partial charge < -0.3 is 15.4 Å². The number of aryl methyl sites for hydroxylation is 2. The smallest absolute Gasteiger partial charge is 0.123 e. The van der Waals surface area contributed by atoms with E-state index in [0.717, 1.165) is 18.8 Å². The first kappa shape index (κ1) is 13.4. The fraction of sp³-hybridized carbons (Fsp3) is 0.600. The maximum Gasteiger partial charge on any atom is 0.123 e. The van der Waals surface area contributed by atoms with Gasteiger partial charge in [0.15, 0.2) is 0 Å². The van der Waals surface area contributed by atoms with Crippen molar-refractivity contribution in [1.29, 1.82) is 0 Å². The van der Waals surface area contributed by atoms with Crippen molar-refractivity contribution in [3.8, 4) is 5.75 Å². The zero-order chi connectivity index (χ0) is 13.1. The molecule has 18 heavy (non-hydrogen) atoms. The van der Waals surface area contributed by atoms with E-state index in [2.05, 4.69) is 36.6 Å². The lowest BCUT2D eigenvalue weighted by Gasteiger charge is -2.25. The molecule has 1 fully saturated rings. The molecule has 1 aromatic rings. The third kappa shape index (κ3) is 2.52. The van der Waals surface area contributed by atoms with Gasteiger partial charge in [0.2, 0.25) is 0 Å². The number of hydrogen-bond acceptors (Lipinski definition) is 3. The Hall–Kier alpha value is -1.06. The second-order valence-corrected chi connectivity index (χ2v) is 5.20. The Labute approximate surface area is 110 Å². The summed E-state index contributed by atoms with van der Waals surface area (Å²) in [4.78, 5) is 0. The minimum atomic E-state index is 0.370. The van der Waals surface area contributed by atoms with Gasteiger partial charge in [-0.3, -0.25) is 0 Å². The van der Waals surface area contributed by atoms with Gasteiger partial charge in [-0.25, -0.2) is 0 Å². The molecule has 0 amide bonds. The molecule has 100 valence electrons. The van der Waals surface area contributed by atoms with Gasteiger partial charge in [-0.1, -0.05) is 6.07 Å². The van der Waals surface area contributed by atoms with Gasteiger partial charge in [0.05, 0.1) is 7.11 Å². The molecule has 0 radical (unpaired) electrons. The molecule has 0 spiro atoms. The van der Waals surface area contributed by atoms with Crippen LogP contribution in [0.4, 0.5) is 0 Å². The number of benzene rings is 1. The molecule has 2 N–H and O–H groups in total. The van der Waals surface area contributed by atoms with Gasteiger partial charge in [0.1, 0.15) is 5.75 Å². The molecular formula is C15H24N2O. The van der Waals surface area contributed by atoms with Gasteiger partial charge >= 0.3 is 0 Å². The summed E-state index contributed by atoms with van der Waals surface area (Å²) in [7, 11) is 3.80. The van der Waals surface area contributed by atoms with Crippen LogP contribution in [0.15, 0.2) is 12.1 Å². The Kier molecular flexibility index (Phi) is 4.25. The van der Waals surface area contributed by atoms with Crippen LogP contribution in [0.2, 0.25) is 0 Å². The van der Waals surface area contributed by atoms with Gasteiger partial charge in [-0.05, 0) is 63.5 Å². The predicted molar refractivity (Wildman–Crippen MR) is 75.2 cm³/mol. The number of hydrogen-bond donors (Lipinski definition) is 2. The van der Waals surface area contributed by atoms with E-state index >= 15 is 0 Å². The summed E-state index contributed by atoms with van der Waals surface area (Å²) in [5, 5.41) is 6.90. The van der Waals surface area contributed by atoms with E-state index in [1.54, 1.807) is 7.11 Å². The standard InChI is InChI=1S/C15H24N2O/c1-10-7-13(14(18-4)8-11(10)2)15(16-3)12-5-6-17-9-12/h7-8,12,15-17H,5-6,9H2,1-4H3. The number of rotatable bonds is 4. The summed E-state index contributed by atoms with van der Waals surface area (Å²) in [6, 6.07) is 4.79. The first-order valence-corrected chi connectivity index (χ1v) is 6.70. The highest BCUT2D eigenvalue weighted by Crippen LogP contribution is 2.34. The van der Waals surface area contributed by atoms with E-state index < -0.39 is 0 Å². The molecule has 0 saturated carbocycles. The van der Waals surface area contributed by atoms with Crippen LogP contribution >= 0.6 is 0 Å². The van der Waals surface area contributed by atoms with Crippen molar-refractivity contribution in [2.45, 2.75) is 26.3 Å². The van der Waals surface area contributed by atoms with Crippen molar-refractivity contribution in [3.05, 3.63) is 28.8 Å². The SMILES string of the molecule is CNC(c1cc(C)c(C)cc1OC)C1CCNC1. The van der Waals surface area contributed by atoms with Gasteiger partial charge in [0.25, 0.3) is 0 Å². The van der Waals surface area contributed by atoms with Gasteiger partial charge in [-0.2, -0.15) is 0 Å². The van der Waals surface area contributed by atoms with Crippen LogP contribution in [0.3, 0.4) is 0 Å². The van der Waals surface area contributed by atoms with Crippen molar-refractivity contribution in [3.63, 3.8) is 0 Å². The van der Waals surface area contributed by atoms with E-state index in [1.807, 2.05) is 7.05 Å². The first-order valence-electron chi connectivity index (χ1n) is 6.70. The molecule has 0 bridgehead atoms. The molecule has 3 nitrogen and oxygen atoms in total. The maximum atomic E-state index is 5.56. The zero-order valence-electron chi connectivity index (χ0n) is 11.8. The topological polar surface area (TPSA) is 33.3 Å². The molecule has 1 aliphatic rings. The largest absolute Gasteiger partial charge is 0.496 e. The van der Waals surface area contributed by atoms with Crippen LogP contribution in [0, 0.1) is 19.8 Å². The lowest BCUT2D eigenvalue weighted by molar-refractivity contribution is 0.369. The second kappa shape index (κ2) is 5.72. The molecule has 2 rings (SSSR count). The normalized spacial score (nSPS) is 21.0. The van der Waals surface area contributed by atoms with Crippen molar-refractivity contribution in [2.75, 3.05) is 27.2 Å². The van der Waals surface area contributed by atoms with E-state index in [4.69, 9.17) is 4.74 Å². The van der Waals surface area contributed by atoms with E-state index in [-0.39, 0.29) is 0 Å². The zero-order valence-corrected chi connectivity index (χ0v) is 11.8. The fourth-order valence-electron chi connectivity index (χ4n) is 2.84. The van der Waals surface area contributed by atoms with Crippen LogP contribution in [0.25, 0.3) is 0 Å². The quantitative estimate of drug-likeness (QED) is 0.857. The molecular weight excluding hydrogens is 224 g/mol. The third-order valence-corrected chi connectivity index (χ3v) is 4.06. The Morgan fingerprint density at radius 2 is 2.06 bits per heavy atom. The number of methoxy groups -OCH3 is 1. The molecule has 2 unspecified atom stereocenters. The number of nitrogens with one attached hydrogen (secondary N) is 2. The summed E-state index contributed by atoms with van der Waals surface area (Å²) < 4.78 is 5.56. The maximum absolute atomic E-state index is 5.56. The van der Waals surface area contributed by atoms with E-state index in [1.165, 1.54) is 23.1 Å². The average Bonchev–Trinajstić information content (AvgIpc) is 2.88. The summed E-state index contributed by atoms with van der Waals surface area (Å²) in [6.45, 7) is 6.50. The molecule has 1 saturated heterocycles. The highest BCUT2D eigenvalue weighted by atomic mass is 16.5. The van der Waals surface area contributed by atoms with Crippen LogP contribution < -0.4 is 15.4 Å². The predicted octanol–water partition coefficient (Wildman–Crippen LogP) is 2.18. The molecule has 2 atom stereocenters. The summed E-state index contributed by atoms with van der Waals surface area (Å²) in [6.07, 6.45) is 1.22. The molecule has 1 heterocycles. The third-order valence-electron chi connectivity index (χ3n) is 4.06. The van der Waals surface area contributed by atoms with Crippen molar-refractivity contribution in [1.82, 2.24) is 10.6 Å². The van der Waals surface area contributed by atoms with Crippen LogP contribution in [0.5, 0.6) is 5.75 Å². The average molecular weight is 248 g/mol. The Morgan fingerprint density at radius 1 is 1.33 bits per heavy atom. The van der Waals surface area contributed by atoms with Crippen LogP contribution in [-0.4, -0.2) is 27.2 Å². The molecule has 1 aliphatic heterocycles. The van der Waals surface area contributed by atoms with Gasteiger partial charge in [0, 0.05) is 11.6 Å². The summed E-state index contributed by atoms with van der Waals surface area (Å²) in [5.41, 5.74) is 3.91. The lowest BCUT2D eigenvalue weighted by Crippen LogP contribution is -2.27. The first-order chi connectivity index (χ1) is 8.67. The minimum absolute atomic E-state index is 0.370. The summed E-state index contributed by atoms with van der Waals surface area (Å²) >= 11 is 0. The van der Waals surface area contributed by atoms with Crippen LogP contribution in [-0.2, 0) is 0 Å². The highest BCUT2D eigenvalue weighted by Gasteiger charge is 2.27. The Morgan fingerprint density at radius 3 is 2.61 bits per heavy atom. The van der Waals surface area contributed by atoms with Crippen LogP contribution in [0.1, 0.15) is 29.2 Å². The molecule has 1 aromatic carbocycles. The van der Waals surface area contributed by atoms with E-state index in [9.17, 15) is 0 Å². The van der Waals surface area contributed by atoms with Crippen molar-refractivity contribution in [2.24, 2.45) is 5.92 Å². The second-order valence-electron chi connectivity index (χ2n) is 5.20. The Balaban J connectivity index is 2.37. The lowest BCUT2D eigenvalue weighted by atomic mass is 9.90. The number of ether oxygens (including phenoxy) is 1.